The summed E-state index contributed by atoms with van der Waals surface area (Å²) in [5, 5.41) is 5.14. The molecule has 7 heteroatoms. The molecule has 0 saturated heterocycles. The molecule has 0 aliphatic heterocycles. The third-order valence-corrected chi connectivity index (χ3v) is 4.09. The van der Waals surface area contributed by atoms with Crippen LogP contribution < -0.4 is 5.32 Å². The summed E-state index contributed by atoms with van der Waals surface area (Å²) in [5.41, 5.74) is 2.73. The SMILES string of the molecule is CCNC(C)c1ccnc(Sc2ncnc3nc[nH]c23)c1. The molecule has 0 aliphatic carbocycles. The highest BCUT2D eigenvalue weighted by atomic mass is 32.2. The van der Waals surface area contributed by atoms with Crippen LogP contribution in [0.2, 0.25) is 0 Å². The van der Waals surface area contributed by atoms with Gasteiger partial charge in [0.1, 0.15) is 21.9 Å². The minimum Gasteiger partial charge on any atom is -0.341 e. The van der Waals surface area contributed by atoms with Gasteiger partial charge in [0.05, 0.1) is 6.33 Å². The van der Waals surface area contributed by atoms with Crippen molar-refractivity contribution in [2.24, 2.45) is 0 Å². The summed E-state index contributed by atoms with van der Waals surface area (Å²) >= 11 is 1.51. The van der Waals surface area contributed by atoms with Crippen LogP contribution in [0.1, 0.15) is 25.5 Å². The van der Waals surface area contributed by atoms with Crippen molar-refractivity contribution in [2.45, 2.75) is 29.9 Å². The Morgan fingerprint density at radius 3 is 3.05 bits per heavy atom. The van der Waals surface area contributed by atoms with Gasteiger partial charge in [-0.05, 0) is 42.9 Å². The lowest BCUT2D eigenvalue weighted by Gasteiger charge is -2.13. The van der Waals surface area contributed by atoms with Gasteiger partial charge < -0.3 is 10.3 Å². The maximum absolute atomic E-state index is 4.41. The third kappa shape index (κ3) is 3.03. The fourth-order valence-electron chi connectivity index (χ4n) is 2.09. The zero-order chi connectivity index (χ0) is 14.7. The molecule has 0 amide bonds. The molecule has 6 nitrogen and oxygen atoms in total. The van der Waals surface area contributed by atoms with Gasteiger partial charge in [0.15, 0.2) is 5.65 Å². The van der Waals surface area contributed by atoms with Crippen LogP contribution >= 0.6 is 11.8 Å². The highest BCUT2D eigenvalue weighted by molar-refractivity contribution is 7.99. The number of rotatable bonds is 5. The highest BCUT2D eigenvalue weighted by Crippen LogP contribution is 2.29. The van der Waals surface area contributed by atoms with Crippen molar-refractivity contribution in [1.29, 1.82) is 0 Å². The van der Waals surface area contributed by atoms with Crippen LogP contribution in [0.3, 0.4) is 0 Å². The van der Waals surface area contributed by atoms with Crippen molar-refractivity contribution >= 4 is 22.9 Å². The molecule has 0 spiro atoms. The van der Waals surface area contributed by atoms with E-state index < -0.39 is 0 Å². The van der Waals surface area contributed by atoms with Gasteiger partial charge >= 0.3 is 0 Å². The van der Waals surface area contributed by atoms with Crippen LogP contribution in [-0.2, 0) is 0 Å². The fraction of sp³-hybridized carbons (Fsp3) is 0.286. The second kappa shape index (κ2) is 6.19. The zero-order valence-corrected chi connectivity index (χ0v) is 12.7. The molecule has 108 valence electrons. The Hall–Kier alpha value is -1.99. The van der Waals surface area contributed by atoms with E-state index in [0.717, 1.165) is 22.1 Å². The summed E-state index contributed by atoms with van der Waals surface area (Å²) in [6.07, 6.45) is 4.98. The third-order valence-electron chi connectivity index (χ3n) is 3.16. The monoisotopic (exact) mass is 300 g/mol. The number of H-pyrrole nitrogens is 1. The second-order valence-corrected chi connectivity index (χ2v) is 5.60. The highest BCUT2D eigenvalue weighted by Gasteiger charge is 2.10. The predicted octanol–water partition coefficient (Wildman–Crippen LogP) is 2.57. The molecular weight excluding hydrogens is 284 g/mol. The molecule has 3 rings (SSSR count). The number of pyridine rings is 1. The van der Waals surface area contributed by atoms with E-state index in [0.29, 0.717) is 11.7 Å². The van der Waals surface area contributed by atoms with E-state index in [2.05, 4.69) is 50.2 Å². The number of hydrogen-bond donors (Lipinski definition) is 2. The number of nitrogens with zero attached hydrogens (tertiary/aromatic N) is 4. The van der Waals surface area contributed by atoms with Crippen LogP contribution in [0.15, 0.2) is 41.0 Å². The van der Waals surface area contributed by atoms with Crippen LogP contribution in [0.5, 0.6) is 0 Å². The smallest absolute Gasteiger partial charge is 0.181 e. The van der Waals surface area contributed by atoms with E-state index in [1.807, 2.05) is 12.3 Å². The summed E-state index contributed by atoms with van der Waals surface area (Å²) in [7, 11) is 0. The summed E-state index contributed by atoms with van der Waals surface area (Å²) in [5.74, 6) is 0. The van der Waals surface area contributed by atoms with E-state index in [-0.39, 0.29) is 0 Å². The van der Waals surface area contributed by atoms with Gasteiger partial charge in [-0.25, -0.2) is 19.9 Å². The number of nitrogens with one attached hydrogen (secondary N) is 2. The number of imidazole rings is 1. The fourth-order valence-corrected chi connectivity index (χ4v) is 2.95. The predicted molar refractivity (Wildman–Crippen MR) is 82.1 cm³/mol. The molecule has 3 heterocycles. The molecule has 0 bridgehead atoms. The van der Waals surface area contributed by atoms with Gasteiger partial charge in [-0.3, -0.25) is 0 Å². The minimum atomic E-state index is 0.301. The van der Waals surface area contributed by atoms with Crippen molar-refractivity contribution in [3.8, 4) is 0 Å². The first-order valence-corrected chi connectivity index (χ1v) is 7.61. The number of aromatic amines is 1. The van der Waals surface area contributed by atoms with Crippen LogP contribution in [0.4, 0.5) is 0 Å². The first-order valence-electron chi connectivity index (χ1n) is 6.79. The average Bonchev–Trinajstić information content (AvgIpc) is 2.97. The van der Waals surface area contributed by atoms with E-state index in [9.17, 15) is 0 Å². The molecule has 0 aromatic carbocycles. The quantitative estimate of drug-likeness (QED) is 0.705. The second-order valence-electron chi connectivity index (χ2n) is 4.59. The Kier molecular flexibility index (Phi) is 4.12. The van der Waals surface area contributed by atoms with E-state index in [1.54, 1.807) is 6.33 Å². The number of aromatic nitrogens is 5. The maximum Gasteiger partial charge on any atom is 0.181 e. The van der Waals surface area contributed by atoms with Gasteiger partial charge in [-0.2, -0.15) is 0 Å². The molecule has 3 aromatic heterocycles. The van der Waals surface area contributed by atoms with E-state index in [4.69, 9.17) is 0 Å². The summed E-state index contributed by atoms with van der Waals surface area (Å²) in [6.45, 7) is 5.18. The molecule has 0 fully saturated rings. The standard InChI is InChI=1S/C14H16N6S/c1-3-15-9(2)10-4-5-16-11(6-10)21-14-12-13(18-7-17-12)19-8-20-14/h4-9,15H,3H2,1-2H3,(H,17,18,19,20). The van der Waals surface area contributed by atoms with Gasteiger partial charge in [0.2, 0.25) is 0 Å². The summed E-state index contributed by atoms with van der Waals surface area (Å²) in [4.78, 5) is 20.0. The lowest BCUT2D eigenvalue weighted by atomic mass is 10.1. The minimum absolute atomic E-state index is 0.301. The Labute approximate surface area is 126 Å². The summed E-state index contributed by atoms with van der Waals surface area (Å²) < 4.78 is 0. The van der Waals surface area contributed by atoms with Gasteiger partial charge in [-0.15, -0.1) is 0 Å². The van der Waals surface area contributed by atoms with Crippen LogP contribution in [0.25, 0.3) is 11.2 Å². The molecule has 1 atom stereocenters. The number of fused-ring (bicyclic) bond motifs is 1. The van der Waals surface area contributed by atoms with Crippen LogP contribution in [0, 0.1) is 0 Å². The maximum atomic E-state index is 4.41. The molecule has 0 saturated carbocycles. The Morgan fingerprint density at radius 1 is 1.29 bits per heavy atom. The van der Waals surface area contributed by atoms with Crippen molar-refractivity contribution in [1.82, 2.24) is 30.2 Å². The van der Waals surface area contributed by atoms with Gasteiger partial charge in [0, 0.05) is 12.2 Å². The van der Waals surface area contributed by atoms with Gasteiger partial charge in [-0.1, -0.05) is 6.92 Å². The number of hydrogen-bond acceptors (Lipinski definition) is 6. The Balaban J connectivity index is 1.88. The Bertz CT molecular complexity index is 741. The molecule has 21 heavy (non-hydrogen) atoms. The molecule has 1 unspecified atom stereocenters. The van der Waals surface area contributed by atoms with Gasteiger partial charge in [0.25, 0.3) is 0 Å². The zero-order valence-electron chi connectivity index (χ0n) is 11.9. The first-order chi connectivity index (χ1) is 10.3. The molecular formula is C14H16N6S. The summed E-state index contributed by atoms with van der Waals surface area (Å²) in [6, 6.07) is 4.42. The largest absolute Gasteiger partial charge is 0.341 e. The molecule has 3 aromatic rings. The van der Waals surface area contributed by atoms with Crippen LogP contribution in [-0.4, -0.2) is 31.5 Å². The van der Waals surface area contributed by atoms with Crippen molar-refractivity contribution in [3.05, 3.63) is 36.5 Å². The average molecular weight is 300 g/mol. The normalized spacial score (nSPS) is 12.7. The van der Waals surface area contributed by atoms with E-state index in [1.165, 1.54) is 23.7 Å². The molecule has 2 N–H and O–H groups in total. The van der Waals surface area contributed by atoms with Crippen molar-refractivity contribution in [3.63, 3.8) is 0 Å². The van der Waals surface area contributed by atoms with Crippen molar-refractivity contribution < 1.29 is 0 Å². The van der Waals surface area contributed by atoms with E-state index >= 15 is 0 Å². The lowest BCUT2D eigenvalue weighted by molar-refractivity contribution is 0.596. The molecule has 0 aliphatic rings. The first kappa shape index (κ1) is 14.0. The Morgan fingerprint density at radius 2 is 2.19 bits per heavy atom. The van der Waals surface area contributed by atoms with Crippen molar-refractivity contribution in [2.75, 3.05) is 6.54 Å². The topological polar surface area (TPSA) is 79.4 Å². The lowest BCUT2D eigenvalue weighted by Crippen LogP contribution is -2.17. The molecule has 0 radical (unpaired) electrons.